The number of furan rings is 1. The summed E-state index contributed by atoms with van der Waals surface area (Å²) < 4.78 is 5.04. The molecule has 3 rings (SSSR count). The number of carbonyl (C=O) groups excluding carboxylic acids is 1. The van der Waals surface area contributed by atoms with Crippen LogP contribution in [-0.4, -0.2) is 28.6 Å². The van der Waals surface area contributed by atoms with Gasteiger partial charge < -0.3 is 20.2 Å². The second-order valence-electron chi connectivity index (χ2n) is 6.08. The third-order valence-corrected chi connectivity index (χ3v) is 5.28. The molecule has 3 N–H and O–H groups in total. The fraction of sp³-hybridized carbons (Fsp3) is 0.529. The van der Waals surface area contributed by atoms with Gasteiger partial charge in [0.15, 0.2) is 10.9 Å². The number of aromatic nitrogens is 1. The summed E-state index contributed by atoms with van der Waals surface area (Å²) >= 11 is 1.46. The number of aromatic hydroxyl groups is 1. The van der Waals surface area contributed by atoms with Gasteiger partial charge in [-0.2, -0.15) is 4.98 Å². The number of anilines is 1. The number of nitrogens with zero attached hydrogens (tertiary/aromatic N) is 1. The lowest BCUT2D eigenvalue weighted by atomic mass is 10.1. The van der Waals surface area contributed by atoms with Crippen LogP contribution in [0.1, 0.15) is 54.0 Å². The van der Waals surface area contributed by atoms with E-state index >= 15 is 0 Å². The Bertz CT molecular complexity index is 646. The maximum atomic E-state index is 11.8. The summed E-state index contributed by atoms with van der Waals surface area (Å²) in [7, 11) is 0. The number of nitrogens with one attached hydrogen (secondary N) is 2. The molecule has 2 aromatic heterocycles. The first-order valence-corrected chi connectivity index (χ1v) is 9.31. The number of rotatable bonds is 6. The Kier molecular flexibility index (Phi) is 5.74. The molecular formula is C17H23N3O3S. The fourth-order valence-electron chi connectivity index (χ4n) is 2.95. The predicted octanol–water partition coefficient (Wildman–Crippen LogP) is 3.55. The maximum absolute atomic E-state index is 11.8. The average Bonchev–Trinajstić information content (AvgIpc) is 3.13. The first-order chi connectivity index (χ1) is 11.7. The molecule has 1 amide bonds. The topological polar surface area (TPSA) is 87.4 Å². The highest BCUT2D eigenvalue weighted by Crippen LogP contribution is 2.30. The molecule has 0 spiro atoms. The zero-order valence-electron chi connectivity index (χ0n) is 13.6. The van der Waals surface area contributed by atoms with Crippen molar-refractivity contribution in [2.75, 3.05) is 11.9 Å². The number of carbonyl (C=O) groups is 1. The minimum atomic E-state index is -0.249. The zero-order valence-corrected chi connectivity index (χ0v) is 14.4. The number of thiazole rings is 1. The molecule has 0 radical (unpaired) electrons. The van der Waals surface area contributed by atoms with Crippen LogP contribution in [0, 0.1) is 0 Å². The number of hydrogen-bond acceptors (Lipinski definition) is 6. The third kappa shape index (κ3) is 4.50. The highest BCUT2D eigenvalue weighted by atomic mass is 32.1. The second-order valence-corrected chi connectivity index (χ2v) is 7.17. The Morgan fingerprint density at radius 2 is 2.12 bits per heavy atom. The highest BCUT2D eigenvalue weighted by molar-refractivity contribution is 7.15. The molecule has 6 nitrogen and oxygen atoms in total. The standard InChI is InChI=1S/C17H23N3O3S/c21-15(13-8-5-11-23-13)18-10-9-14-16(22)20-17(24-14)19-12-6-3-1-2-4-7-12/h5,8,11-12,22H,1-4,6-7,9-10H2,(H,18,21)(H,19,20). The molecule has 0 aliphatic heterocycles. The largest absolute Gasteiger partial charge is 0.492 e. The van der Waals surface area contributed by atoms with E-state index in [2.05, 4.69) is 15.6 Å². The van der Waals surface area contributed by atoms with Crippen molar-refractivity contribution in [3.05, 3.63) is 29.0 Å². The van der Waals surface area contributed by atoms with E-state index in [1.54, 1.807) is 12.1 Å². The summed E-state index contributed by atoms with van der Waals surface area (Å²) in [4.78, 5) is 16.8. The van der Waals surface area contributed by atoms with E-state index in [-0.39, 0.29) is 11.8 Å². The maximum Gasteiger partial charge on any atom is 0.286 e. The third-order valence-electron chi connectivity index (χ3n) is 4.24. The monoisotopic (exact) mass is 349 g/mol. The molecule has 0 bridgehead atoms. The summed E-state index contributed by atoms with van der Waals surface area (Å²) in [5.41, 5.74) is 0. The van der Waals surface area contributed by atoms with Gasteiger partial charge in [-0.1, -0.05) is 37.0 Å². The Morgan fingerprint density at radius 3 is 2.83 bits per heavy atom. The van der Waals surface area contributed by atoms with Crippen LogP contribution in [0.3, 0.4) is 0 Å². The van der Waals surface area contributed by atoms with Crippen LogP contribution >= 0.6 is 11.3 Å². The van der Waals surface area contributed by atoms with Crippen molar-refractivity contribution in [1.29, 1.82) is 0 Å². The molecule has 0 atom stereocenters. The minimum absolute atomic E-state index is 0.0587. The van der Waals surface area contributed by atoms with Crippen molar-refractivity contribution in [2.24, 2.45) is 0 Å². The molecule has 7 heteroatoms. The minimum Gasteiger partial charge on any atom is -0.492 e. The molecule has 0 unspecified atom stereocenters. The molecule has 0 aromatic carbocycles. The lowest BCUT2D eigenvalue weighted by Gasteiger charge is -2.14. The second kappa shape index (κ2) is 8.19. The quantitative estimate of drug-likeness (QED) is 0.694. The summed E-state index contributed by atoms with van der Waals surface area (Å²) in [5.74, 6) is 0.100. The fourth-order valence-corrected chi connectivity index (χ4v) is 3.88. The van der Waals surface area contributed by atoms with Gasteiger partial charge in [0.25, 0.3) is 5.91 Å². The molecule has 2 heterocycles. The number of amides is 1. The number of hydrogen-bond donors (Lipinski definition) is 3. The van der Waals surface area contributed by atoms with Gasteiger partial charge in [0.1, 0.15) is 0 Å². The first-order valence-electron chi connectivity index (χ1n) is 8.49. The summed E-state index contributed by atoms with van der Waals surface area (Å²) in [6.45, 7) is 0.429. The zero-order chi connectivity index (χ0) is 16.8. The molecule has 1 aliphatic carbocycles. The van der Waals surface area contributed by atoms with Crippen LogP contribution < -0.4 is 10.6 Å². The SMILES string of the molecule is O=C(NCCc1sc(NC2CCCCCC2)nc1O)c1ccco1. The smallest absolute Gasteiger partial charge is 0.286 e. The molecule has 1 fully saturated rings. The first kappa shape index (κ1) is 16.8. The van der Waals surface area contributed by atoms with Crippen LogP contribution in [0.2, 0.25) is 0 Å². The van der Waals surface area contributed by atoms with Crippen LogP contribution in [-0.2, 0) is 6.42 Å². The lowest BCUT2D eigenvalue weighted by molar-refractivity contribution is 0.0926. The average molecular weight is 349 g/mol. The van der Waals surface area contributed by atoms with E-state index in [9.17, 15) is 9.90 Å². The van der Waals surface area contributed by atoms with Crippen molar-refractivity contribution in [1.82, 2.24) is 10.3 Å². The van der Waals surface area contributed by atoms with Gasteiger partial charge in [-0.25, -0.2) is 0 Å². The van der Waals surface area contributed by atoms with Crippen molar-refractivity contribution in [3.8, 4) is 5.88 Å². The van der Waals surface area contributed by atoms with Crippen LogP contribution in [0.5, 0.6) is 5.88 Å². The van der Waals surface area contributed by atoms with Gasteiger partial charge in [-0.05, 0) is 25.0 Å². The van der Waals surface area contributed by atoms with Gasteiger partial charge >= 0.3 is 0 Å². The van der Waals surface area contributed by atoms with E-state index in [4.69, 9.17) is 4.42 Å². The molecular weight excluding hydrogens is 326 g/mol. The Morgan fingerprint density at radius 1 is 1.33 bits per heavy atom. The summed E-state index contributed by atoms with van der Waals surface area (Å²) in [6, 6.07) is 3.74. The van der Waals surface area contributed by atoms with Crippen molar-refractivity contribution in [2.45, 2.75) is 51.0 Å². The predicted molar refractivity (Wildman–Crippen MR) is 93.6 cm³/mol. The Labute approximate surface area is 145 Å². The van der Waals surface area contributed by atoms with Crippen molar-refractivity contribution >= 4 is 22.4 Å². The van der Waals surface area contributed by atoms with Crippen LogP contribution in [0.15, 0.2) is 22.8 Å². The molecule has 2 aromatic rings. The van der Waals surface area contributed by atoms with E-state index < -0.39 is 0 Å². The van der Waals surface area contributed by atoms with E-state index in [0.717, 1.165) is 22.9 Å². The normalized spacial score (nSPS) is 15.8. The van der Waals surface area contributed by atoms with Gasteiger partial charge in [0.2, 0.25) is 5.88 Å². The van der Waals surface area contributed by atoms with E-state index in [1.165, 1.54) is 43.3 Å². The van der Waals surface area contributed by atoms with Crippen LogP contribution in [0.25, 0.3) is 0 Å². The molecule has 24 heavy (non-hydrogen) atoms. The Hall–Kier alpha value is -2.02. The summed E-state index contributed by atoms with van der Waals surface area (Å²) in [6.07, 6.45) is 9.45. The summed E-state index contributed by atoms with van der Waals surface area (Å²) in [5, 5.41) is 17.0. The van der Waals surface area contributed by atoms with E-state index in [1.807, 2.05) is 0 Å². The van der Waals surface area contributed by atoms with Gasteiger partial charge in [0, 0.05) is 19.0 Å². The van der Waals surface area contributed by atoms with Crippen LogP contribution in [0.4, 0.5) is 5.13 Å². The molecule has 1 saturated carbocycles. The molecule has 0 saturated heterocycles. The van der Waals surface area contributed by atoms with Gasteiger partial charge in [0.05, 0.1) is 11.1 Å². The Balaban J connectivity index is 1.49. The highest BCUT2D eigenvalue weighted by Gasteiger charge is 2.16. The van der Waals surface area contributed by atoms with Crippen molar-refractivity contribution in [3.63, 3.8) is 0 Å². The van der Waals surface area contributed by atoms with Gasteiger partial charge in [-0.3, -0.25) is 4.79 Å². The lowest BCUT2D eigenvalue weighted by Crippen LogP contribution is -2.25. The van der Waals surface area contributed by atoms with E-state index in [0.29, 0.717) is 24.8 Å². The van der Waals surface area contributed by atoms with Gasteiger partial charge in [-0.15, -0.1) is 0 Å². The molecule has 1 aliphatic rings. The molecule has 130 valence electrons. The van der Waals surface area contributed by atoms with Crippen molar-refractivity contribution < 1.29 is 14.3 Å².